The SMILES string of the molecule is Cc1cnc(-c2noc(C3(N)CCCC(C)C3)n2)nc1. The van der Waals surface area contributed by atoms with Crippen LogP contribution >= 0.6 is 0 Å². The van der Waals surface area contributed by atoms with E-state index in [1.807, 2.05) is 6.92 Å². The van der Waals surface area contributed by atoms with Gasteiger partial charge < -0.3 is 10.3 Å². The Morgan fingerprint density at radius 1 is 1.30 bits per heavy atom. The highest BCUT2D eigenvalue weighted by atomic mass is 16.5. The molecule has 6 heteroatoms. The van der Waals surface area contributed by atoms with Crippen molar-refractivity contribution in [2.75, 3.05) is 0 Å². The van der Waals surface area contributed by atoms with Crippen LogP contribution in [0.1, 0.15) is 44.1 Å². The Kier molecular flexibility index (Phi) is 3.25. The number of rotatable bonds is 2. The van der Waals surface area contributed by atoms with E-state index in [1.54, 1.807) is 12.4 Å². The predicted octanol–water partition coefficient (Wildman–Crippen LogP) is 2.20. The van der Waals surface area contributed by atoms with Crippen LogP contribution in [0, 0.1) is 12.8 Å². The second kappa shape index (κ2) is 4.94. The Labute approximate surface area is 117 Å². The van der Waals surface area contributed by atoms with Crippen molar-refractivity contribution in [2.45, 2.75) is 45.1 Å². The van der Waals surface area contributed by atoms with Crippen molar-refractivity contribution >= 4 is 0 Å². The van der Waals surface area contributed by atoms with Crippen molar-refractivity contribution in [1.82, 2.24) is 20.1 Å². The second-order valence-corrected chi connectivity index (χ2v) is 5.86. The molecule has 1 aliphatic carbocycles. The number of aromatic nitrogens is 4. The molecule has 0 radical (unpaired) electrons. The molecule has 1 aliphatic rings. The lowest BCUT2D eigenvalue weighted by Crippen LogP contribution is -2.41. The van der Waals surface area contributed by atoms with Crippen molar-refractivity contribution in [1.29, 1.82) is 0 Å². The summed E-state index contributed by atoms with van der Waals surface area (Å²) < 4.78 is 5.37. The van der Waals surface area contributed by atoms with Gasteiger partial charge in [0.05, 0.1) is 5.54 Å². The van der Waals surface area contributed by atoms with Crippen LogP contribution in [-0.2, 0) is 5.54 Å². The van der Waals surface area contributed by atoms with Gasteiger partial charge in [0.15, 0.2) is 0 Å². The molecule has 0 saturated heterocycles. The molecule has 2 unspecified atom stereocenters. The quantitative estimate of drug-likeness (QED) is 0.902. The van der Waals surface area contributed by atoms with Crippen molar-refractivity contribution in [2.24, 2.45) is 11.7 Å². The van der Waals surface area contributed by atoms with Crippen LogP contribution in [0.15, 0.2) is 16.9 Å². The Balaban J connectivity index is 1.88. The van der Waals surface area contributed by atoms with Crippen molar-refractivity contribution in [3.8, 4) is 11.6 Å². The molecule has 2 heterocycles. The highest BCUT2D eigenvalue weighted by molar-refractivity contribution is 5.41. The largest absolute Gasteiger partial charge is 0.337 e. The first-order chi connectivity index (χ1) is 9.57. The zero-order valence-corrected chi connectivity index (χ0v) is 11.8. The van der Waals surface area contributed by atoms with Gasteiger partial charge in [-0.15, -0.1) is 0 Å². The number of aryl methyl sites for hydroxylation is 1. The third-order valence-electron chi connectivity index (χ3n) is 3.87. The monoisotopic (exact) mass is 273 g/mol. The summed E-state index contributed by atoms with van der Waals surface area (Å²) >= 11 is 0. The van der Waals surface area contributed by atoms with Gasteiger partial charge in [-0.1, -0.05) is 24.9 Å². The van der Waals surface area contributed by atoms with Gasteiger partial charge in [0.2, 0.25) is 17.5 Å². The fourth-order valence-electron chi connectivity index (χ4n) is 2.81. The van der Waals surface area contributed by atoms with E-state index in [0.717, 1.165) is 24.8 Å². The molecule has 20 heavy (non-hydrogen) atoms. The van der Waals surface area contributed by atoms with Gasteiger partial charge in [0.1, 0.15) is 0 Å². The Bertz CT molecular complexity index is 594. The minimum Gasteiger partial charge on any atom is -0.337 e. The Hall–Kier alpha value is -1.82. The first-order valence-electron chi connectivity index (χ1n) is 6.99. The first kappa shape index (κ1) is 13.2. The normalized spacial score (nSPS) is 26.6. The van der Waals surface area contributed by atoms with Crippen LogP contribution in [0.4, 0.5) is 0 Å². The van der Waals surface area contributed by atoms with Crippen LogP contribution in [-0.4, -0.2) is 20.1 Å². The lowest BCUT2D eigenvalue weighted by molar-refractivity contribution is 0.183. The van der Waals surface area contributed by atoms with Gasteiger partial charge in [-0.2, -0.15) is 4.98 Å². The molecule has 2 N–H and O–H groups in total. The molecular formula is C14H19N5O. The molecule has 0 amide bonds. The summed E-state index contributed by atoms with van der Waals surface area (Å²) in [6.45, 7) is 4.14. The lowest BCUT2D eigenvalue weighted by Gasteiger charge is -2.33. The molecular weight excluding hydrogens is 254 g/mol. The molecule has 1 fully saturated rings. The first-order valence-corrected chi connectivity index (χ1v) is 6.99. The smallest absolute Gasteiger partial charge is 0.247 e. The van der Waals surface area contributed by atoms with Gasteiger partial charge >= 0.3 is 0 Å². The maximum absolute atomic E-state index is 6.45. The fourth-order valence-corrected chi connectivity index (χ4v) is 2.81. The molecule has 0 aliphatic heterocycles. The van der Waals surface area contributed by atoms with Gasteiger partial charge in [-0.3, -0.25) is 0 Å². The summed E-state index contributed by atoms with van der Waals surface area (Å²) in [7, 11) is 0. The molecule has 0 aromatic carbocycles. The maximum atomic E-state index is 6.45. The minimum atomic E-state index is -0.506. The summed E-state index contributed by atoms with van der Waals surface area (Å²) in [6.07, 6.45) is 7.53. The molecule has 6 nitrogen and oxygen atoms in total. The maximum Gasteiger partial charge on any atom is 0.247 e. The molecule has 3 rings (SSSR count). The number of hydrogen-bond acceptors (Lipinski definition) is 6. The second-order valence-electron chi connectivity index (χ2n) is 5.86. The van der Waals surface area contributed by atoms with E-state index in [4.69, 9.17) is 10.3 Å². The fraction of sp³-hybridized carbons (Fsp3) is 0.571. The molecule has 2 aromatic rings. The topological polar surface area (TPSA) is 90.7 Å². The van der Waals surface area contributed by atoms with Crippen molar-refractivity contribution in [3.63, 3.8) is 0 Å². The van der Waals surface area contributed by atoms with Crippen molar-refractivity contribution in [3.05, 3.63) is 23.8 Å². The summed E-state index contributed by atoms with van der Waals surface area (Å²) in [5.41, 5.74) is 6.94. The summed E-state index contributed by atoms with van der Waals surface area (Å²) in [6, 6.07) is 0. The summed E-state index contributed by atoms with van der Waals surface area (Å²) in [5.74, 6) is 1.96. The van der Waals surface area contributed by atoms with E-state index in [0.29, 0.717) is 23.5 Å². The minimum absolute atomic E-state index is 0.406. The van der Waals surface area contributed by atoms with E-state index < -0.39 is 5.54 Å². The molecule has 0 spiro atoms. The molecule has 0 bridgehead atoms. The standard InChI is InChI=1S/C14H19N5O/c1-9-4-3-5-14(15,6-9)13-18-12(19-20-13)11-16-7-10(2)8-17-11/h7-9H,3-6,15H2,1-2H3. The van der Waals surface area contributed by atoms with E-state index in [1.165, 1.54) is 6.42 Å². The summed E-state index contributed by atoms with van der Waals surface area (Å²) in [5, 5.41) is 3.97. The highest BCUT2D eigenvalue weighted by Gasteiger charge is 2.38. The van der Waals surface area contributed by atoms with Gasteiger partial charge in [0, 0.05) is 12.4 Å². The third kappa shape index (κ3) is 2.43. The Morgan fingerprint density at radius 3 is 2.75 bits per heavy atom. The number of nitrogens with two attached hydrogens (primary N) is 1. The number of hydrogen-bond donors (Lipinski definition) is 1. The Morgan fingerprint density at radius 2 is 2.05 bits per heavy atom. The van der Waals surface area contributed by atoms with Gasteiger partial charge in [-0.05, 0) is 31.2 Å². The highest BCUT2D eigenvalue weighted by Crippen LogP contribution is 2.37. The third-order valence-corrected chi connectivity index (χ3v) is 3.87. The van der Waals surface area contributed by atoms with E-state index in [2.05, 4.69) is 27.0 Å². The summed E-state index contributed by atoms with van der Waals surface area (Å²) in [4.78, 5) is 12.8. The molecule has 1 saturated carbocycles. The van der Waals surface area contributed by atoms with Crippen molar-refractivity contribution < 1.29 is 4.52 Å². The van der Waals surface area contributed by atoms with Crippen LogP contribution in [0.2, 0.25) is 0 Å². The zero-order chi connectivity index (χ0) is 14.2. The van der Waals surface area contributed by atoms with Crippen LogP contribution in [0.25, 0.3) is 11.6 Å². The van der Waals surface area contributed by atoms with Gasteiger partial charge in [-0.25, -0.2) is 9.97 Å². The van der Waals surface area contributed by atoms with Crippen LogP contribution < -0.4 is 5.73 Å². The van der Waals surface area contributed by atoms with Gasteiger partial charge in [0.25, 0.3) is 0 Å². The lowest BCUT2D eigenvalue weighted by atomic mass is 9.77. The van der Waals surface area contributed by atoms with Crippen LogP contribution in [0.3, 0.4) is 0 Å². The predicted molar refractivity (Wildman–Crippen MR) is 73.6 cm³/mol. The number of nitrogens with zero attached hydrogens (tertiary/aromatic N) is 4. The zero-order valence-electron chi connectivity index (χ0n) is 11.8. The van der Waals surface area contributed by atoms with E-state index in [-0.39, 0.29) is 0 Å². The van der Waals surface area contributed by atoms with Crippen LogP contribution in [0.5, 0.6) is 0 Å². The average Bonchev–Trinajstić information content (AvgIpc) is 2.90. The molecule has 106 valence electrons. The average molecular weight is 273 g/mol. The molecule has 2 aromatic heterocycles. The van der Waals surface area contributed by atoms with E-state index >= 15 is 0 Å². The molecule has 2 atom stereocenters. The van der Waals surface area contributed by atoms with E-state index in [9.17, 15) is 0 Å².